The Morgan fingerprint density at radius 2 is 1.60 bits per heavy atom. The normalized spacial score (nSPS) is 16.9. The van der Waals surface area contributed by atoms with E-state index in [-0.39, 0.29) is 47.9 Å². The summed E-state index contributed by atoms with van der Waals surface area (Å²) in [6.07, 6.45) is -12.5. The van der Waals surface area contributed by atoms with Crippen molar-refractivity contribution in [1.29, 1.82) is 0 Å². The van der Waals surface area contributed by atoms with Crippen LogP contribution in [0.2, 0.25) is 10.0 Å². The average Bonchev–Trinajstić information content (AvgIpc) is 3.23. The lowest BCUT2D eigenvalue weighted by Gasteiger charge is -2.24. The number of alkyl halides is 6. The van der Waals surface area contributed by atoms with Gasteiger partial charge in [0.25, 0.3) is 0 Å². The molecule has 0 aromatic heterocycles. The van der Waals surface area contributed by atoms with Crippen molar-refractivity contribution in [3.63, 3.8) is 0 Å². The van der Waals surface area contributed by atoms with Gasteiger partial charge in [0.1, 0.15) is 17.6 Å². The maximum atomic E-state index is 13.5. The molecular formula is C30H25Cl2F6NO6. The molecule has 4 rings (SSSR count). The van der Waals surface area contributed by atoms with E-state index in [4.69, 9.17) is 42.5 Å². The van der Waals surface area contributed by atoms with Crippen LogP contribution in [0.4, 0.5) is 31.1 Å². The number of ether oxygens (including phenoxy) is 3. The standard InChI is InChI=1S/C30H25Cl2F6NO6/c1-15-27(16-8-18(29(33,34)35)11-19(9-16)30(36,37)38)45-28(42)39(15)14-17-10-20(31)5-6-21(17)22-12-25(23(32)13-24(22)43-2)44-7-3-4-26(40)41/h5-6,8-13,15,27H,3-4,7,14H2,1-2H3,(H,40,41)/t15-,27-/m0/s1. The van der Waals surface area contributed by atoms with Crippen molar-refractivity contribution < 1.29 is 55.2 Å². The Morgan fingerprint density at radius 3 is 2.18 bits per heavy atom. The average molecular weight is 680 g/mol. The highest BCUT2D eigenvalue weighted by atomic mass is 35.5. The number of methoxy groups -OCH3 is 1. The minimum Gasteiger partial charge on any atom is -0.496 e. The molecule has 3 aromatic carbocycles. The maximum Gasteiger partial charge on any atom is 0.416 e. The molecule has 1 aliphatic rings. The van der Waals surface area contributed by atoms with Crippen LogP contribution in [0.1, 0.15) is 48.1 Å². The third-order valence-corrected chi connectivity index (χ3v) is 7.61. The number of nitrogens with zero attached hydrogens (tertiary/aromatic N) is 1. The zero-order valence-electron chi connectivity index (χ0n) is 23.6. The Morgan fingerprint density at radius 1 is 0.956 bits per heavy atom. The van der Waals surface area contributed by atoms with Gasteiger partial charge in [0.15, 0.2) is 0 Å². The molecule has 0 spiro atoms. The topological polar surface area (TPSA) is 85.3 Å². The van der Waals surface area contributed by atoms with E-state index < -0.39 is 53.3 Å². The van der Waals surface area contributed by atoms with Crippen LogP contribution in [0.25, 0.3) is 11.1 Å². The fourth-order valence-corrected chi connectivity index (χ4v) is 5.28. The summed E-state index contributed by atoms with van der Waals surface area (Å²) >= 11 is 12.6. The van der Waals surface area contributed by atoms with Gasteiger partial charge in [0.2, 0.25) is 0 Å². The maximum absolute atomic E-state index is 13.5. The van der Waals surface area contributed by atoms with Crippen LogP contribution >= 0.6 is 23.2 Å². The number of carbonyl (C=O) groups is 2. The van der Waals surface area contributed by atoms with Gasteiger partial charge in [-0.3, -0.25) is 9.69 Å². The molecule has 2 atom stereocenters. The lowest BCUT2D eigenvalue weighted by Crippen LogP contribution is -2.31. The molecule has 0 saturated carbocycles. The summed E-state index contributed by atoms with van der Waals surface area (Å²) in [5.41, 5.74) is -2.14. The van der Waals surface area contributed by atoms with Gasteiger partial charge in [-0.1, -0.05) is 29.3 Å². The van der Waals surface area contributed by atoms with Gasteiger partial charge >= 0.3 is 24.4 Å². The second kappa shape index (κ2) is 13.3. The smallest absolute Gasteiger partial charge is 0.416 e. The minimum absolute atomic E-state index is 0.00455. The van der Waals surface area contributed by atoms with Crippen molar-refractivity contribution in [2.24, 2.45) is 0 Å². The SMILES string of the molecule is COc1cc(Cl)c(OCCCC(=O)O)cc1-c1ccc(Cl)cc1CN1C(=O)O[C@H](c2cc(C(F)(F)F)cc(C(F)(F)F)c2)[C@@H]1C. The number of carboxylic acids is 1. The molecular weight excluding hydrogens is 655 g/mol. The van der Waals surface area contributed by atoms with Crippen LogP contribution in [0.3, 0.4) is 0 Å². The Labute approximate surface area is 263 Å². The molecule has 0 aliphatic carbocycles. The highest BCUT2D eigenvalue weighted by Gasteiger charge is 2.43. The third kappa shape index (κ3) is 7.88. The van der Waals surface area contributed by atoms with Crippen LogP contribution in [-0.4, -0.2) is 41.8 Å². The van der Waals surface area contributed by atoms with E-state index in [0.717, 1.165) is 0 Å². The van der Waals surface area contributed by atoms with Crippen molar-refractivity contribution >= 4 is 35.3 Å². The highest BCUT2D eigenvalue weighted by molar-refractivity contribution is 6.32. The first-order valence-electron chi connectivity index (χ1n) is 13.3. The number of carbonyl (C=O) groups excluding carboxylic acids is 1. The van der Waals surface area contributed by atoms with E-state index >= 15 is 0 Å². The van der Waals surface area contributed by atoms with Gasteiger partial charge in [-0.25, -0.2) is 4.79 Å². The Bertz CT molecular complexity index is 1560. The molecule has 0 unspecified atom stereocenters. The molecule has 45 heavy (non-hydrogen) atoms. The molecule has 1 heterocycles. The van der Waals surface area contributed by atoms with E-state index in [1.165, 1.54) is 31.1 Å². The van der Waals surface area contributed by atoms with E-state index in [0.29, 0.717) is 34.6 Å². The molecule has 242 valence electrons. The second-order valence-electron chi connectivity index (χ2n) is 10.1. The van der Waals surface area contributed by atoms with Gasteiger partial charge in [0.05, 0.1) is 42.5 Å². The van der Waals surface area contributed by atoms with Crippen LogP contribution in [0.15, 0.2) is 48.5 Å². The lowest BCUT2D eigenvalue weighted by atomic mass is 9.96. The zero-order valence-corrected chi connectivity index (χ0v) is 25.1. The predicted molar refractivity (Wildman–Crippen MR) is 151 cm³/mol. The van der Waals surface area contributed by atoms with Gasteiger partial charge < -0.3 is 19.3 Å². The van der Waals surface area contributed by atoms with Crippen LogP contribution < -0.4 is 9.47 Å². The summed E-state index contributed by atoms with van der Waals surface area (Å²) in [5, 5.41) is 9.32. The lowest BCUT2D eigenvalue weighted by molar-refractivity contribution is -0.143. The quantitative estimate of drug-likeness (QED) is 0.170. The molecule has 1 fully saturated rings. The number of benzene rings is 3. The minimum atomic E-state index is -5.08. The first-order valence-corrected chi connectivity index (χ1v) is 14.0. The predicted octanol–water partition coefficient (Wildman–Crippen LogP) is 9.03. The van der Waals surface area contributed by atoms with E-state index in [1.54, 1.807) is 18.2 Å². The third-order valence-electron chi connectivity index (χ3n) is 7.08. The number of hydrogen-bond acceptors (Lipinski definition) is 5. The monoisotopic (exact) mass is 679 g/mol. The first-order chi connectivity index (χ1) is 21.0. The fourth-order valence-electron chi connectivity index (χ4n) is 4.87. The summed E-state index contributed by atoms with van der Waals surface area (Å²) in [6, 6.07) is 7.86. The van der Waals surface area contributed by atoms with Crippen molar-refractivity contribution in [3.05, 3.63) is 80.8 Å². The summed E-state index contributed by atoms with van der Waals surface area (Å²) < 4.78 is 97.5. The number of cyclic esters (lactones) is 1. The Kier molecular flexibility index (Phi) is 10.0. The molecule has 1 aliphatic heterocycles. The van der Waals surface area contributed by atoms with Gasteiger partial charge in [0, 0.05) is 23.1 Å². The molecule has 0 radical (unpaired) electrons. The fraction of sp³-hybridized carbons (Fsp3) is 0.333. The number of aliphatic carboxylic acids is 1. The first kappa shape index (κ1) is 34.0. The number of hydrogen-bond donors (Lipinski definition) is 1. The largest absolute Gasteiger partial charge is 0.496 e. The number of rotatable bonds is 10. The number of halogens is 8. The molecule has 0 bridgehead atoms. The molecule has 1 amide bonds. The van der Waals surface area contributed by atoms with Crippen LogP contribution in [-0.2, 0) is 28.4 Å². The summed E-state index contributed by atoms with van der Waals surface area (Å²) in [7, 11) is 1.40. The Hall–Kier alpha value is -3.84. The zero-order chi connectivity index (χ0) is 33.3. The Balaban J connectivity index is 1.69. The van der Waals surface area contributed by atoms with E-state index in [1.807, 2.05) is 0 Å². The van der Waals surface area contributed by atoms with E-state index in [9.17, 15) is 35.9 Å². The highest BCUT2D eigenvalue weighted by Crippen LogP contribution is 2.44. The number of amides is 1. The molecule has 1 saturated heterocycles. The molecule has 15 heteroatoms. The van der Waals surface area contributed by atoms with Crippen molar-refractivity contribution in [1.82, 2.24) is 4.90 Å². The molecule has 1 N–H and O–H groups in total. The van der Waals surface area contributed by atoms with Crippen molar-refractivity contribution in [3.8, 4) is 22.6 Å². The van der Waals surface area contributed by atoms with Crippen LogP contribution in [0.5, 0.6) is 11.5 Å². The van der Waals surface area contributed by atoms with Gasteiger partial charge in [-0.2, -0.15) is 26.3 Å². The summed E-state index contributed by atoms with van der Waals surface area (Å²) in [4.78, 5) is 25.0. The van der Waals surface area contributed by atoms with Gasteiger partial charge in [-0.05, 0) is 66.4 Å². The van der Waals surface area contributed by atoms with Crippen LogP contribution in [0, 0.1) is 0 Å². The molecule has 3 aromatic rings. The van der Waals surface area contributed by atoms with Gasteiger partial charge in [-0.15, -0.1) is 0 Å². The second-order valence-corrected chi connectivity index (χ2v) is 11.0. The number of carboxylic acid groups (broad SMARTS) is 1. The van der Waals surface area contributed by atoms with Crippen molar-refractivity contribution in [2.45, 2.75) is 50.8 Å². The van der Waals surface area contributed by atoms with E-state index in [2.05, 4.69) is 0 Å². The summed E-state index contributed by atoms with van der Waals surface area (Å²) in [5.74, 6) is -0.463. The van der Waals surface area contributed by atoms with Crippen molar-refractivity contribution in [2.75, 3.05) is 13.7 Å². The summed E-state index contributed by atoms with van der Waals surface area (Å²) in [6.45, 7) is 1.30. The molecule has 7 nitrogen and oxygen atoms in total.